The molecule has 1 atom stereocenters. The number of hydrogen-bond donors (Lipinski definition) is 2. The number of nitrogens with one attached hydrogen (secondary N) is 1. The van der Waals surface area contributed by atoms with E-state index in [0.717, 1.165) is 11.3 Å². The first-order valence-electron chi connectivity index (χ1n) is 7.25. The summed E-state index contributed by atoms with van der Waals surface area (Å²) in [5, 5.41) is 4.34. The molecule has 3 rings (SSSR count). The van der Waals surface area contributed by atoms with Gasteiger partial charge in [0.25, 0.3) is 0 Å². The summed E-state index contributed by atoms with van der Waals surface area (Å²) < 4.78 is 1.89. The van der Waals surface area contributed by atoms with Crippen molar-refractivity contribution in [3.63, 3.8) is 0 Å². The van der Waals surface area contributed by atoms with Gasteiger partial charge in [-0.2, -0.15) is 5.10 Å². The Morgan fingerprint density at radius 1 is 1.30 bits per heavy atom. The molecule has 4 heteroatoms. The van der Waals surface area contributed by atoms with E-state index < -0.39 is 0 Å². The summed E-state index contributed by atoms with van der Waals surface area (Å²) in [6.45, 7) is 2.08. The van der Waals surface area contributed by atoms with Crippen LogP contribution in [0.2, 0.25) is 0 Å². The van der Waals surface area contributed by atoms with E-state index in [-0.39, 0.29) is 6.04 Å². The third-order valence-corrected chi connectivity index (χ3v) is 4.60. The van der Waals surface area contributed by atoms with Crippen molar-refractivity contribution in [2.24, 2.45) is 12.9 Å². The highest BCUT2D eigenvalue weighted by molar-refractivity contribution is 5.40. The second-order valence-electron chi connectivity index (χ2n) is 5.67. The van der Waals surface area contributed by atoms with Crippen LogP contribution < -0.4 is 11.3 Å². The minimum absolute atomic E-state index is 0.0144. The van der Waals surface area contributed by atoms with Gasteiger partial charge in [0.1, 0.15) is 0 Å². The molecule has 1 fully saturated rings. The molecule has 1 aliphatic rings. The predicted molar refractivity (Wildman–Crippen MR) is 80.1 cm³/mol. The van der Waals surface area contributed by atoms with Crippen LogP contribution >= 0.6 is 0 Å². The van der Waals surface area contributed by atoms with E-state index in [1.807, 2.05) is 17.9 Å². The highest BCUT2D eigenvalue weighted by Gasteiger charge is 2.26. The number of hydrogen-bond acceptors (Lipinski definition) is 3. The van der Waals surface area contributed by atoms with Crippen molar-refractivity contribution in [3.8, 4) is 0 Å². The number of aromatic nitrogens is 2. The number of benzene rings is 1. The molecular formula is C16H22N4. The minimum atomic E-state index is 0.0144. The Bertz CT molecular complexity index is 598. The second kappa shape index (κ2) is 5.38. The molecule has 1 unspecified atom stereocenters. The molecule has 0 amide bonds. The molecule has 0 bridgehead atoms. The third kappa shape index (κ3) is 2.15. The Balaban J connectivity index is 2.03. The van der Waals surface area contributed by atoms with E-state index in [4.69, 9.17) is 5.84 Å². The highest BCUT2D eigenvalue weighted by atomic mass is 15.3. The molecule has 0 saturated heterocycles. The number of rotatable bonds is 4. The van der Waals surface area contributed by atoms with Gasteiger partial charge in [-0.05, 0) is 36.8 Å². The lowest BCUT2D eigenvalue weighted by Crippen LogP contribution is -2.30. The summed E-state index contributed by atoms with van der Waals surface area (Å²) >= 11 is 0. The Morgan fingerprint density at radius 2 is 2.05 bits per heavy atom. The van der Waals surface area contributed by atoms with Gasteiger partial charge >= 0.3 is 0 Å². The average molecular weight is 270 g/mol. The molecule has 106 valence electrons. The topological polar surface area (TPSA) is 55.9 Å². The molecule has 1 aliphatic carbocycles. The molecule has 1 aromatic heterocycles. The van der Waals surface area contributed by atoms with Crippen LogP contribution in [-0.4, -0.2) is 9.78 Å². The molecule has 1 aromatic carbocycles. The van der Waals surface area contributed by atoms with Crippen LogP contribution in [0.1, 0.15) is 53.6 Å². The van der Waals surface area contributed by atoms with Gasteiger partial charge < -0.3 is 0 Å². The number of nitrogens with zero attached hydrogens (tertiary/aromatic N) is 2. The normalized spacial score (nSPS) is 16.9. The summed E-state index contributed by atoms with van der Waals surface area (Å²) in [6, 6.07) is 8.66. The fourth-order valence-electron chi connectivity index (χ4n) is 3.01. The zero-order chi connectivity index (χ0) is 14.1. The van der Waals surface area contributed by atoms with Crippen LogP contribution in [0.15, 0.2) is 30.5 Å². The van der Waals surface area contributed by atoms with Crippen molar-refractivity contribution >= 4 is 0 Å². The molecular weight excluding hydrogens is 248 g/mol. The number of aryl methyl sites for hydroxylation is 1. The lowest BCUT2D eigenvalue weighted by molar-refractivity contribution is 0.414. The first-order valence-corrected chi connectivity index (χ1v) is 7.25. The molecule has 1 saturated carbocycles. The maximum absolute atomic E-state index is 5.86. The van der Waals surface area contributed by atoms with Gasteiger partial charge in [-0.15, -0.1) is 0 Å². The van der Waals surface area contributed by atoms with Crippen molar-refractivity contribution < 1.29 is 0 Å². The average Bonchev–Trinajstić information content (AvgIpc) is 2.72. The van der Waals surface area contributed by atoms with Crippen molar-refractivity contribution in [2.75, 3.05) is 0 Å². The van der Waals surface area contributed by atoms with Gasteiger partial charge in [0.05, 0.1) is 12.2 Å². The van der Waals surface area contributed by atoms with Crippen molar-refractivity contribution in [3.05, 3.63) is 52.8 Å². The monoisotopic (exact) mass is 270 g/mol. The van der Waals surface area contributed by atoms with Crippen LogP contribution in [0.25, 0.3) is 0 Å². The largest absolute Gasteiger partial charge is 0.273 e. The summed E-state index contributed by atoms with van der Waals surface area (Å²) in [5.74, 6) is 6.55. The highest BCUT2D eigenvalue weighted by Crippen LogP contribution is 2.40. The first-order chi connectivity index (χ1) is 9.72. The van der Waals surface area contributed by atoms with Gasteiger partial charge in [0, 0.05) is 18.3 Å². The van der Waals surface area contributed by atoms with Gasteiger partial charge in [-0.25, -0.2) is 5.43 Å². The fourth-order valence-corrected chi connectivity index (χ4v) is 3.01. The summed E-state index contributed by atoms with van der Waals surface area (Å²) in [5.41, 5.74) is 8.01. The second-order valence-corrected chi connectivity index (χ2v) is 5.67. The van der Waals surface area contributed by atoms with Gasteiger partial charge in [0.2, 0.25) is 0 Å². The van der Waals surface area contributed by atoms with Crippen LogP contribution in [-0.2, 0) is 7.05 Å². The standard InChI is InChI=1S/C16H22N4/c1-11-15(10-18-20(11)2)16(19-17)14-9-4-3-8-13(14)12-6-5-7-12/h3-4,8-10,12,16,19H,5-7,17H2,1-2H3. The van der Waals surface area contributed by atoms with Gasteiger partial charge in [-0.1, -0.05) is 30.7 Å². The van der Waals surface area contributed by atoms with Crippen LogP contribution in [0.3, 0.4) is 0 Å². The smallest absolute Gasteiger partial charge is 0.0746 e. The van der Waals surface area contributed by atoms with Crippen LogP contribution in [0.4, 0.5) is 0 Å². The Hall–Kier alpha value is -1.65. The molecule has 4 nitrogen and oxygen atoms in total. The Labute approximate surface area is 120 Å². The zero-order valence-corrected chi connectivity index (χ0v) is 12.1. The maximum Gasteiger partial charge on any atom is 0.0746 e. The lowest BCUT2D eigenvalue weighted by Gasteiger charge is -2.30. The molecule has 0 radical (unpaired) electrons. The van der Waals surface area contributed by atoms with E-state index in [1.54, 1.807) is 0 Å². The summed E-state index contributed by atoms with van der Waals surface area (Å²) in [4.78, 5) is 0. The third-order valence-electron chi connectivity index (χ3n) is 4.60. The number of hydrazine groups is 1. The molecule has 20 heavy (non-hydrogen) atoms. The lowest BCUT2D eigenvalue weighted by atomic mass is 9.76. The quantitative estimate of drug-likeness (QED) is 0.663. The van der Waals surface area contributed by atoms with E-state index in [1.165, 1.54) is 30.4 Å². The van der Waals surface area contributed by atoms with E-state index in [9.17, 15) is 0 Å². The molecule has 3 N–H and O–H groups in total. The van der Waals surface area contributed by atoms with Gasteiger partial charge in [0.15, 0.2) is 0 Å². The SMILES string of the molecule is Cc1c(C(NN)c2ccccc2C2CCC2)cnn1C. The Morgan fingerprint density at radius 3 is 2.60 bits per heavy atom. The van der Waals surface area contributed by atoms with Crippen molar-refractivity contribution in [1.29, 1.82) is 0 Å². The summed E-state index contributed by atoms with van der Waals surface area (Å²) in [6.07, 6.45) is 5.84. The predicted octanol–water partition coefficient (Wildman–Crippen LogP) is 2.55. The van der Waals surface area contributed by atoms with E-state index in [2.05, 4.69) is 41.7 Å². The van der Waals surface area contributed by atoms with E-state index in [0.29, 0.717) is 5.92 Å². The summed E-state index contributed by atoms with van der Waals surface area (Å²) in [7, 11) is 1.96. The maximum atomic E-state index is 5.86. The van der Waals surface area contributed by atoms with Crippen molar-refractivity contribution in [2.45, 2.75) is 38.1 Å². The van der Waals surface area contributed by atoms with Crippen LogP contribution in [0.5, 0.6) is 0 Å². The molecule has 0 aliphatic heterocycles. The fraction of sp³-hybridized carbons (Fsp3) is 0.438. The Kier molecular flexibility index (Phi) is 3.59. The van der Waals surface area contributed by atoms with Gasteiger partial charge in [-0.3, -0.25) is 10.5 Å². The minimum Gasteiger partial charge on any atom is -0.273 e. The molecule has 1 heterocycles. The molecule has 2 aromatic rings. The van der Waals surface area contributed by atoms with E-state index >= 15 is 0 Å². The van der Waals surface area contributed by atoms with Crippen LogP contribution in [0, 0.1) is 6.92 Å². The first kappa shape index (κ1) is 13.3. The zero-order valence-electron chi connectivity index (χ0n) is 12.1. The van der Waals surface area contributed by atoms with Crippen molar-refractivity contribution in [1.82, 2.24) is 15.2 Å². The molecule has 0 spiro atoms. The number of nitrogens with two attached hydrogens (primary N) is 1.